The van der Waals surface area contributed by atoms with Crippen molar-refractivity contribution in [3.8, 4) is 11.5 Å². The molecular formula is C20H18N4O4S. The van der Waals surface area contributed by atoms with Crippen molar-refractivity contribution in [1.29, 1.82) is 0 Å². The number of thioether (sulfide) groups is 1. The fourth-order valence-corrected chi connectivity index (χ4v) is 3.98. The third-order valence-corrected chi connectivity index (χ3v) is 5.56. The van der Waals surface area contributed by atoms with Crippen LogP contribution in [0.2, 0.25) is 0 Å². The van der Waals surface area contributed by atoms with E-state index in [9.17, 15) is 14.9 Å². The van der Waals surface area contributed by atoms with Gasteiger partial charge in [-0.25, -0.2) is 0 Å². The van der Waals surface area contributed by atoms with Crippen LogP contribution in [0.3, 0.4) is 0 Å². The van der Waals surface area contributed by atoms with Crippen molar-refractivity contribution in [2.45, 2.75) is 30.5 Å². The lowest BCUT2D eigenvalue weighted by Gasteiger charge is -2.26. The quantitative estimate of drug-likeness (QED) is 0.372. The van der Waals surface area contributed by atoms with Crippen molar-refractivity contribution in [3.05, 3.63) is 69.8 Å². The van der Waals surface area contributed by atoms with Gasteiger partial charge in [-0.1, -0.05) is 42.1 Å². The van der Waals surface area contributed by atoms with E-state index in [1.165, 1.54) is 23.3 Å². The van der Waals surface area contributed by atoms with E-state index in [0.29, 0.717) is 5.56 Å². The van der Waals surface area contributed by atoms with Crippen molar-refractivity contribution in [2.24, 2.45) is 0 Å². The van der Waals surface area contributed by atoms with Gasteiger partial charge in [0.25, 0.3) is 10.9 Å². The van der Waals surface area contributed by atoms with E-state index < -0.39 is 4.92 Å². The fraction of sp³-hybridized carbons (Fsp3) is 0.250. The monoisotopic (exact) mass is 410 g/mol. The Bertz CT molecular complexity index is 1050. The Kier molecular flexibility index (Phi) is 5.57. The molecule has 1 N–H and O–H groups in total. The molecule has 0 saturated carbocycles. The normalized spacial score (nSPS) is 15.5. The largest absolute Gasteiger partial charge is 0.411 e. The highest BCUT2D eigenvalue weighted by molar-refractivity contribution is 7.99. The zero-order valence-electron chi connectivity index (χ0n) is 15.4. The van der Waals surface area contributed by atoms with Gasteiger partial charge in [0.15, 0.2) is 0 Å². The molecule has 148 valence electrons. The molecule has 9 heteroatoms. The van der Waals surface area contributed by atoms with Crippen LogP contribution in [0.25, 0.3) is 11.5 Å². The Labute approximate surface area is 170 Å². The zero-order chi connectivity index (χ0) is 20.2. The average Bonchev–Trinajstić information content (AvgIpc) is 3.22. The van der Waals surface area contributed by atoms with Gasteiger partial charge in [-0.2, -0.15) is 0 Å². The molecule has 1 amide bonds. The number of carbonyl (C=O) groups excluding carboxylic acids is 1. The molecule has 1 aliphatic rings. The van der Waals surface area contributed by atoms with Crippen LogP contribution in [0.1, 0.15) is 30.0 Å². The molecule has 0 aliphatic heterocycles. The van der Waals surface area contributed by atoms with Gasteiger partial charge in [-0.15, -0.1) is 10.2 Å². The van der Waals surface area contributed by atoms with E-state index >= 15 is 0 Å². The Morgan fingerprint density at radius 2 is 2.10 bits per heavy atom. The summed E-state index contributed by atoms with van der Waals surface area (Å²) in [5.41, 5.74) is 2.88. The van der Waals surface area contributed by atoms with Crippen LogP contribution in [0.5, 0.6) is 0 Å². The number of rotatable bonds is 6. The summed E-state index contributed by atoms with van der Waals surface area (Å²) in [6.07, 6.45) is 3.01. The van der Waals surface area contributed by atoms with Gasteiger partial charge in [-0.3, -0.25) is 14.9 Å². The van der Waals surface area contributed by atoms with Gasteiger partial charge in [0, 0.05) is 17.7 Å². The maximum Gasteiger partial charge on any atom is 0.277 e. The Morgan fingerprint density at radius 3 is 2.97 bits per heavy atom. The molecule has 3 aromatic rings. The summed E-state index contributed by atoms with van der Waals surface area (Å²) in [5.74, 6) is 0.222. The maximum absolute atomic E-state index is 12.4. The van der Waals surface area contributed by atoms with E-state index in [0.717, 1.165) is 31.0 Å². The average molecular weight is 410 g/mol. The first-order chi connectivity index (χ1) is 14.1. The molecule has 4 rings (SSSR count). The molecule has 0 unspecified atom stereocenters. The van der Waals surface area contributed by atoms with E-state index in [-0.39, 0.29) is 34.5 Å². The van der Waals surface area contributed by atoms with Crippen LogP contribution in [0, 0.1) is 10.1 Å². The standard InChI is InChI=1S/C20H18N4O4S/c25-18(21-17-10-4-6-13-5-1-2-9-16(13)17)12-29-20-23-22-19(28-20)14-7-3-8-15(11-14)24(26)27/h1-3,5,7-9,11,17H,4,6,10,12H2,(H,21,25)/t17-/m1/s1. The molecule has 0 bridgehead atoms. The molecule has 0 spiro atoms. The van der Waals surface area contributed by atoms with Gasteiger partial charge in [0.2, 0.25) is 11.8 Å². The number of non-ortho nitro benzene ring substituents is 1. The Balaban J connectivity index is 1.36. The molecule has 2 aromatic carbocycles. The molecule has 0 radical (unpaired) electrons. The van der Waals surface area contributed by atoms with Crippen LogP contribution in [-0.2, 0) is 11.2 Å². The van der Waals surface area contributed by atoms with Crippen molar-refractivity contribution in [3.63, 3.8) is 0 Å². The second kappa shape index (κ2) is 8.44. The number of nitro benzene ring substituents is 1. The Hall–Kier alpha value is -3.20. The molecule has 8 nitrogen and oxygen atoms in total. The van der Waals surface area contributed by atoms with E-state index in [1.54, 1.807) is 12.1 Å². The lowest BCUT2D eigenvalue weighted by Crippen LogP contribution is -2.32. The molecule has 29 heavy (non-hydrogen) atoms. The highest BCUT2D eigenvalue weighted by Crippen LogP contribution is 2.30. The summed E-state index contributed by atoms with van der Waals surface area (Å²) < 4.78 is 5.54. The number of aromatic nitrogens is 2. The third kappa shape index (κ3) is 4.45. The zero-order valence-corrected chi connectivity index (χ0v) is 16.2. The minimum absolute atomic E-state index is 0.0242. The van der Waals surface area contributed by atoms with Crippen molar-refractivity contribution in [1.82, 2.24) is 15.5 Å². The second-order valence-corrected chi connectivity index (χ2v) is 7.61. The number of fused-ring (bicyclic) bond motifs is 1. The first-order valence-corrected chi connectivity index (χ1v) is 10.2. The number of nitro groups is 1. The molecule has 0 saturated heterocycles. The molecule has 1 atom stereocenters. The van der Waals surface area contributed by atoms with Crippen molar-refractivity contribution < 1.29 is 14.1 Å². The summed E-state index contributed by atoms with van der Waals surface area (Å²) >= 11 is 1.14. The SMILES string of the molecule is O=C(CSc1nnc(-c2cccc([N+](=O)[O-])c2)o1)N[C@@H]1CCCc2ccccc21. The molecule has 1 aliphatic carbocycles. The van der Waals surface area contributed by atoms with E-state index in [1.807, 2.05) is 12.1 Å². The molecule has 1 aromatic heterocycles. The van der Waals surface area contributed by atoms with Crippen LogP contribution in [0.15, 0.2) is 58.2 Å². The smallest absolute Gasteiger partial charge is 0.277 e. The minimum Gasteiger partial charge on any atom is -0.411 e. The number of amides is 1. The lowest BCUT2D eigenvalue weighted by molar-refractivity contribution is -0.384. The minimum atomic E-state index is -0.483. The number of hydrogen-bond donors (Lipinski definition) is 1. The lowest BCUT2D eigenvalue weighted by atomic mass is 9.88. The summed E-state index contributed by atoms with van der Waals surface area (Å²) in [7, 11) is 0. The van der Waals surface area contributed by atoms with Gasteiger partial charge in [0.05, 0.1) is 16.7 Å². The van der Waals surface area contributed by atoms with Crippen LogP contribution >= 0.6 is 11.8 Å². The predicted molar refractivity (Wildman–Crippen MR) is 107 cm³/mol. The van der Waals surface area contributed by atoms with Gasteiger partial charge in [-0.05, 0) is 36.5 Å². The van der Waals surface area contributed by atoms with E-state index in [2.05, 4.69) is 27.6 Å². The number of nitrogens with one attached hydrogen (secondary N) is 1. The van der Waals surface area contributed by atoms with Gasteiger partial charge < -0.3 is 9.73 Å². The van der Waals surface area contributed by atoms with Crippen LogP contribution in [-0.4, -0.2) is 26.8 Å². The number of nitrogens with zero attached hydrogens (tertiary/aromatic N) is 3. The maximum atomic E-state index is 12.4. The van der Waals surface area contributed by atoms with Crippen LogP contribution in [0.4, 0.5) is 5.69 Å². The van der Waals surface area contributed by atoms with Gasteiger partial charge >= 0.3 is 0 Å². The number of carbonyl (C=O) groups is 1. The second-order valence-electron chi connectivity index (χ2n) is 6.68. The first kappa shape index (κ1) is 19.1. The topological polar surface area (TPSA) is 111 Å². The van der Waals surface area contributed by atoms with E-state index in [4.69, 9.17) is 4.42 Å². The highest BCUT2D eigenvalue weighted by atomic mass is 32.2. The molecule has 1 heterocycles. The summed E-state index contributed by atoms with van der Waals surface area (Å²) in [4.78, 5) is 22.8. The van der Waals surface area contributed by atoms with Gasteiger partial charge in [0.1, 0.15) is 0 Å². The fourth-order valence-electron chi connectivity index (χ4n) is 3.40. The number of benzene rings is 2. The van der Waals surface area contributed by atoms with Crippen LogP contribution < -0.4 is 5.32 Å². The summed E-state index contributed by atoms with van der Waals surface area (Å²) in [6, 6.07) is 14.2. The molecular weight excluding hydrogens is 392 g/mol. The third-order valence-electron chi connectivity index (χ3n) is 4.74. The summed E-state index contributed by atoms with van der Waals surface area (Å²) in [6.45, 7) is 0. The first-order valence-electron chi connectivity index (χ1n) is 9.18. The Morgan fingerprint density at radius 1 is 1.24 bits per heavy atom. The van der Waals surface area contributed by atoms with Crippen molar-refractivity contribution >= 4 is 23.4 Å². The predicted octanol–water partition coefficient (Wildman–Crippen LogP) is 3.93. The summed E-state index contributed by atoms with van der Waals surface area (Å²) in [5, 5.41) is 22.1. The number of hydrogen-bond acceptors (Lipinski definition) is 7. The molecule has 0 fully saturated rings. The van der Waals surface area contributed by atoms with Crippen molar-refractivity contribution in [2.75, 3.05) is 5.75 Å². The number of aryl methyl sites for hydroxylation is 1. The highest BCUT2D eigenvalue weighted by Gasteiger charge is 2.22.